The summed E-state index contributed by atoms with van der Waals surface area (Å²) in [5, 5.41) is 15.3. The SMILES string of the molecule is CC(Oc1ccc(-c2ccc(S(N)(=O)=O)c(F)c2)cc1)C(O)CCc1cccnc1. The van der Waals surface area contributed by atoms with Gasteiger partial charge in [-0.3, -0.25) is 4.98 Å². The molecule has 3 aromatic rings. The number of aryl methyl sites for hydroxylation is 1. The monoisotopic (exact) mass is 430 g/mol. The Balaban J connectivity index is 1.62. The molecule has 30 heavy (non-hydrogen) atoms. The first kappa shape index (κ1) is 21.9. The van der Waals surface area contributed by atoms with Gasteiger partial charge in [-0.25, -0.2) is 17.9 Å². The minimum absolute atomic E-state index is 0.418. The summed E-state index contributed by atoms with van der Waals surface area (Å²) in [5.41, 5.74) is 2.25. The molecular formula is C22H23FN2O4S. The lowest BCUT2D eigenvalue weighted by Crippen LogP contribution is -2.29. The van der Waals surface area contributed by atoms with Crippen LogP contribution in [0.15, 0.2) is 71.9 Å². The number of benzene rings is 2. The Hall–Kier alpha value is -2.81. The summed E-state index contributed by atoms with van der Waals surface area (Å²) < 4.78 is 42.5. The Morgan fingerprint density at radius 1 is 1.13 bits per heavy atom. The third-order valence-corrected chi connectivity index (χ3v) is 5.69. The number of aromatic nitrogens is 1. The second kappa shape index (κ2) is 9.34. The highest BCUT2D eigenvalue weighted by atomic mass is 32.2. The fourth-order valence-electron chi connectivity index (χ4n) is 3.03. The number of primary sulfonamides is 1. The molecule has 2 unspecified atom stereocenters. The van der Waals surface area contributed by atoms with Crippen LogP contribution < -0.4 is 9.88 Å². The average Bonchev–Trinajstić information content (AvgIpc) is 2.72. The molecule has 2 aromatic carbocycles. The van der Waals surface area contributed by atoms with Crippen LogP contribution in [0.3, 0.4) is 0 Å². The van der Waals surface area contributed by atoms with E-state index >= 15 is 0 Å². The zero-order chi connectivity index (χ0) is 21.7. The number of pyridine rings is 1. The van der Waals surface area contributed by atoms with Crippen LogP contribution in [-0.2, 0) is 16.4 Å². The second-order valence-electron chi connectivity index (χ2n) is 7.00. The third kappa shape index (κ3) is 5.63. The second-order valence-corrected chi connectivity index (χ2v) is 8.53. The van der Waals surface area contributed by atoms with Crippen molar-refractivity contribution in [2.45, 2.75) is 36.9 Å². The highest BCUT2D eigenvalue weighted by Gasteiger charge is 2.17. The van der Waals surface area contributed by atoms with Gasteiger partial charge in [0.15, 0.2) is 0 Å². The largest absolute Gasteiger partial charge is 0.488 e. The number of hydrogen-bond donors (Lipinski definition) is 2. The van der Waals surface area contributed by atoms with Crippen LogP contribution in [0.2, 0.25) is 0 Å². The van der Waals surface area contributed by atoms with E-state index in [4.69, 9.17) is 9.88 Å². The summed E-state index contributed by atoms with van der Waals surface area (Å²) in [4.78, 5) is 3.52. The van der Waals surface area contributed by atoms with Crippen LogP contribution >= 0.6 is 0 Å². The van der Waals surface area contributed by atoms with E-state index < -0.39 is 32.9 Å². The summed E-state index contributed by atoms with van der Waals surface area (Å²) in [5.74, 6) is -0.339. The van der Waals surface area contributed by atoms with Gasteiger partial charge >= 0.3 is 0 Å². The Labute approximate surface area is 175 Å². The quantitative estimate of drug-likeness (QED) is 0.571. The van der Waals surface area contributed by atoms with Crippen molar-refractivity contribution in [3.8, 4) is 16.9 Å². The van der Waals surface area contributed by atoms with Crippen LogP contribution in [-0.4, -0.2) is 30.7 Å². The van der Waals surface area contributed by atoms with E-state index in [1.54, 1.807) is 43.6 Å². The van der Waals surface area contributed by atoms with Crippen LogP contribution in [0.4, 0.5) is 4.39 Å². The van der Waals surface area contributed by atoms with Gasteiger partial charge in [0.1, 0.15) is 22.6 Å². The number of aliphatic hydroxyl groups is 1. The lowest BCUT2D eigenvalue weighted by Gasteiger charge is -2.20. The number of rotatable bonds is 8. The van der Waals surface area contributed by atoms with Gasteiger partial charge in [0.05, 0.1) is 6.10 Å². The fourth-order valence-corrected chi connectivity index (χ4v) is 3.61. The first-order valence-corrected chi connectivity index (χ1v) is 10.9. The van der Waals surface area contributed by atoms with E-state index in [-0.39, 0.29) is 0 Å². The van der Waals surface area contributed by atoms with Crippen LogP contribution in [0, 0.1) is 5.82 Å². The third-order valence-electron chi connectivity index (χ3n) is 4.74. The number of nitrogens with two attached hydrogens (primary N) is 1. The Kier molecular flexibility index (Phi) is 6.81. The maximum absolute atomic E-state index is 14.1. The molecule has 0 radical (unpaired) electrons. The van der Waals surface area contributed by atoms with Crippen molar-refractivity contribution >= 4 is 10.0 Å². The van der Waals surface area contributed by atoms with Gasteiger partial charge in [0.2, 0.25) is 10.0 Å². The summed E-state index contributed by atoms with van der Waals surface area (Å²) >= 11 is 0. The van der Waals surface area contributed by atoms with Gasteiger partial charge in [-0.15, -0.1) is 0 Å². The summed E-state index contributed by atoms with van der Waals surface area (Å²) in [6, 6.07) is 14.5. The van der Waals surface area contributed by atoms with Crippen molar-refractivity contribution in [1.29, 1.82) is 0 Å². The van der Waals surface area contributed by atoms with E-state index in [9.17, 15) is 17.9 Å². The molecule has 0 aliphatic rings. The van der Waals surface area contributed by atoms with Crippen molar-refractivity contribution in [1.82, 2.24) is 4.98 Å². The topological polar surface area (TPSA) is 103 Å². The van der Waals surface area contributed by atoms with E-state index in [1.165, 1.54) is 6.07 Å². The van der Waals surface area contributed by atoms with Crippen LogP contribution in [0.1, 0.15) is 18.9 Å². The molecule has 158 valence electrons. The minimum atomic E-state index is -4.11. The predicted octanol–water partition coefficient (Wildman–Crippen LogP) is 3.30. The van der Waals surface area contributed by atoms with E-state index in [1.807, 2.05) is 12.1 Å². The first-order valence-electron chi connectivity index (χ1n) is 9.40. The molecule has 0 bridgehead atoms. The molecule has 1 heterocycles. The molecule has 0 aliphatic heterocycles. The zero-order valence-electron chi connectivity index (χ0n) is 16.4. The lowest BCUT2D eigenvalue weighted by atomic mass is 10.0. The van der Waals surface area contributed by atoms with Gasteiger partial charge in [0, 0.05) is 12.4 Å². The molecular weight excluding hydrogens is 407 g/mol. The predicted molar refractivity (Wildman–Crippen MR) is 112 cm³/mol. The number of ether oxygens (including phenoxy) is 1. The Morgan fingerprint density at radius 3 is 2.43 bits per heavy atom. The molecule has 0 amide bonds. The first-order chi connectivity index (χ1) is 14.2. The normalized spacial score (nSPS) is 13.6. The summed E-state index contributed by atoms with van der Waals surface area (Å²) in [6.45, 7) is 1.79. The molecule has 0 saturated heterocycles. The highest BCUT2D eigenvalue weighted by molar-refractivity contribution is 7.89. The van der Waals surface area contributed by atoms with E-state index in [0.717, 1.165) is 17.7 Å². The standard InChI is InChI=1S/C22H23FN2O4S/c1-15(21(26)10-4-16-3-2-12-25-14-16)29-19-8-5-17(6-9-19)18-7-11-22(20(23)13-18)30(24,27)28/h2-3,5-9,11-15,21,26H,4,10H2,1H3,(H2,24,27,28). The molecule has 3 rings (SSSR count). The van der Waals surface area contributed by atoms with Crippen molar-refractivity contribution in [3.63, 3.8) is 0 Å². The van der Waals surface area contributed by atoms with Crippen molar-refractivity contribution in [2.75, 3.05) is 0 Å². The molecule has 3 N–H and O–H groups in total. The fraction of sp³-hybridized carbons (Fsp3) is 0.227. The van der Waals surface area contributed by atoms with Gasteiger partial charge in [-0.05, 0) is 66.8 Å². The van der Waals surface area contributed by atoms with E-state index in [0.29, 0.717) is 29.7 Å². The zero-order valence-corrected chi connectivity index (χ0v) is 17.2. The van der Waals surface area contributed by atoms with Crippen molar-refractivity contribution in [2.24, 2.45) is 5.14 Å². The molecule has 0 spiro atoms. The highest BCUT2D eigenvalue weighted by Crippen LogP contribution is 2.26. The molecule has 1 aromatic heterocycles. The number of nitrogens with zero attached hydrogens (tertiary/aromatic N) is 1. The number of sulfonamides is 1. The summed E-state index contributed by atoms with van der Waals surface area (Å²) in [6.07, 6.45) is 3.65. The van der Waals surface area contributed by atoms with Crippen molar-refractivity contribution in [3.05, 3.63) is 78.4 Å². The molecule has 0 saturated carbocycles. The Bertz CT molecular complexity index is 1090. The van der Waals surface area contributed by atoms with Gasteiger partial charge in [-0.2, -0.15) is 0 Å². The number of hydrogen-bond acceptors (Lipinski definition) is 5. The molecule has 6 nitrogen and oxygen atoms in total. The molecule has 0 fully saturated rings. The maximum atomic E-state index is 14.1. The van der Waals surface area contributed by atoms with Crippen LogP contribution in [0.25, 0.3) is 11.1 Å². The Morgan fingerprint density at radius 2 is 1.83 bits per heavy atom. The average molecular weight is 431 g/mol. The number of aliphatic hydroxyl groups excluding tert-OH is 1. The van der Waals surface area contributed by atoms with Gasteiger partial charge in [-0.1, -0.05) is 24.3 Å². The van der Waals surface area contributed by atoms with E-state index in [2.05, 4.69) is 4.98 Å². The maximum Gasteiger partial charge on any atom is 0.240 e. The number of halogens is 1. The van der Waals surface area contributed by atoms with Crippen molar-refractivity contribution < 1.29 is 22.7 Å². The van der Waals surface area contributed by atoms with Gasteiger partial charge in [0.25, 0.3) is 0 Å². The lowest BCUT2D eigenvalue weighted by molar-refractivity contribution is 0.0420. The van der Waals surface area contributed by atoms with Gasteiger partial charge < -0.3 is 9.84 Å². The smallest absolute Gasteiger partial charge is 0.240 e. The molecule has 8 heteroatoms. The van der Waals surface area contributed by atoms with Crippen LogP contribution in [0.5, 0.6) is 5.75 Å². The molecule has 0 aliphatic carbocycles. The molecule has 2 atom stereocenters. The minimum Gasteiger partial charge on any atom is -0.488 e. The summed E-state index contributed by atoms with van der Waals surface area (Å²) in [7, 11) is -4.11.